The minimum atomic E-state index is -3.35. The van der Waals surface area contributed by atoms with Crippen LogP contribution in [0.15, 0.2) is 42.7 Å². The van der Waals surface area contributed by atoms with Gasteiger partial charge in [0, 0.05) is 50.4 Å². The molecule has 2 aromatic heterocycles. The highest BCUT2D eigenvalue weighted by molar-refractivity contribution is 7.91. The van der Waals surface area contributed by atoms with E-state index in [1.165, 1.54) is 6.20 Å². The lowest BCUT2D eigenvalue weighted by atomic mass is 10.1. The van der Waals surface area contributed by atoms with E-state index in [4.69, 9.17) is 0 Å². The second kappa shape index (κ2) is 8.47. The van der Waals surface area contributed by atoms with Gasteiger partial charge in [0.2, 0.25) is 11.7 Å². The summed E-state index contributed by atoms with van der Waals surface area (Å²) in [6, 6.07) is 8.67. The fraction of sp³-hybridized carbons (Fsp3) is 0.368. The average molecular weight is 402 g/mol. The number of hydrogen-bond donors (Lipinski definition) is 0. The van der Waals surface area contributed by atoms with Crippen LogP contribution in [0.25, 0.3) is 0 Å². The van der Waals surface area contributed by atoms with Gasteiger partial charge in [-0.15, -0.1) is 0 Å². The Morgan fingerprint density at radius 2 is 1.89 bits per heavy atom. The number of nitrogens with zero attached hydrogens (tertiary/aromatic N) is 4. The lowest BCUT2D eigenvalue weighted by Gasteiger charge is -2.23. The summed E-state index contributed by atoms with van der Waals surface area (Å²) in [5.41, 5.74) is 0.806. The number of hydrogen-bond acceptors (Lipinski definition) is 7. The van der Waals surface area contributed by atoms with Crippen molar-refractivity contribution >= 4 is 27.3 Å². The van der Waals surface area contributed by atoms with Crippen molar-refractivity contribution in [2.24, 2.45) is 0 Å². The number of anilines is 1. The maximum Gasteiger partial charge on any atom is 0.237 e. The van der Waals surface area contributed by atoms with Gasteiger partial charge in [-0.2, -0.15) is 0 Å². The SMILES string of the molecule is CS(=O)(=O)CC(=O)N1CCCN(c2cccc(C(=O)c3cccnc3)n2)CC1. The second-order valence-corrected chi connectivity index (χ2v) is 8.88. The number of carbonyl (C=O) groups is 2. The molecule has 0 spiro atoms. The fourth-order valence-corrected chi connectivity index (χ4v) is 3.71. The first-order valence-electron chi connectivity index (χ1n) is 8.96. The molecule has 1 saturated heterocycles. The molecule has 0 aliphatic carbocycles. The van der Waals surface area contributed by atoms with E-state index in [1.807, 2.05) is 11.0 Å². The smallest absolute Gasteiger partial charge is 0.237 e. The third kappa shape index (κ3) is 5.13. The summed E-state index contributed by atoms with van der Waals surface area (Å²) < 4.78 is 22.7. The van der Waals surface area contributed by atoms with E-state index in [2.05, 4.69) is 9.97 Å². The van der Waals surface area contributed by atoms with Crippen LogP contribution in [0.2, 0.25) is 0 Å². The highest BCUT2D eigenvalue weighted by Gasteiger charge is 2.23. The summed E-state index contributed by atoms with van der Waals surface area (Å²) in [6.45, 7) is 2.10. The van der Waals surface area contributed by atoms with E-state index >= 15 is 0 Å². The molecule has 8 nitrogen and oxygen atoms in total. The molecule has 1 amide bonds. The van der Waals surface area contributed by atoms with Gasteiger partial charge >= 0.3 is 0 Å². The van der Waals surface area contributed by atoms with Crippen LogP contribution in [-0.4, -0.2) is 73.2 Å². The Morgan fingerprint density at radius 1 is 1.07 bits per heavy atom. The van der Waals surface area contributed by atoms with E-state index in [9.17, 15) is 18.0 Å². The van der Waals surface area contributed by atoms with Gasteiger partial charge < -0.3 is 9.80 Å². The molecule has 0 atom stereocenters. The fourth-order valence-electron chi connectivity index (χ4n) is 3.08. The third-order valence-electron chi connectivity index (χ3n) is 4.45. The van der Waals surface area contributed by atoms with E-state index in [-0.39, 0.29) is 11.7 Å². The van der Waals surface area contributed by atoms with E-state index in [1.54, 1.807) is 35.4 Å². The predicted molar refractivity (Wildman–Crippen MR) is 105 cm³/mol. The first-order chi connectivity index (χ1) is 13.3. The molecule has 3 rings (SSSR count). The molecule has 0 saturated carbocycles. The molecule has 0 unspecified atom stereocenters. The Bertz CT molecular complexity index is 963. The molecule has 0 bridgehead atoms. The van der Waals surface area contributed by atoms with Crippen molar-refractivity contribution in [2.75, 3.05) is 43.1 Å². The molecule has 9 heteroatoms. The minimum Gasteiger partial charge on any atom is -0.355 e. The maximum absolute atomic E-state index is 12.6. The second-order valence-electron chi connectivity index (χ2n) is 6.74. The Morgan fingerprint density at radius 3 is 2.61 bits per heavy atom. The summed E-state index contributed by atoms with van der Waals surface area (Å²) >= 11 is 0. The van der Waals surface area contributed by atoms with Crippen LogP contribution >= 0.6 is 0 Å². The molecule has 2 aromatic rings. The van der Waals surface area contributed by atoms with Crippen LogP contribution < -0.4 is 4.90 Å². The van der Waals surface area contributed by atoms with Gasteiger partial charge in [-0.1, -0.05) is 6.07 Å². The van der Waals surface area contributed by atoms with Gasteiger partial charge in [0.05, 0.1) is 0 Å². The average Bonchev–Trinajstić information content (AvgIpc) is 2.93. The topological polar surface area (TPSA) is 101 Å². The van der Waals surface area contributed by atoms with Crippen LogP contribution in [-0.2, 0) is 14.6 Å². The van der Waals surface area contributed by atoms with Crippen molar-refractivity contribution in [1.82, 2.24) is 14.9 Å². The zero-order valence-corrected chi connectivity index (χ0v) is 16.4. The molecule has 1 aliphatic heterocycles. The van der Waals surface area contributed by atoms with Gasteiger partial charge in [-0.25, -0.2) is 13.4 Å². The largest absolute Gasteiger partial charge is 0.355 e. The maximum atomic E-state index is 12.6. The van der Waals surface area contributed by atoms with Crippen molar-refractivity contribution in [3.8, 4) is 0 Å². The van der Waals surface area contributed by atoms with Crippen LogP contribution in [0.5, 0.6) is 0 Å². The first kappa shape index (κ1) is 19.9. The molecule has 1 aliphatic rings. The molecule has 0 N–H and O–H groups in total. The van der Waals surface area contributed by atoms with Gasteiger partial charge in [0.1, 0.15) is 17.3 Å². The van der Waals surface area contributed by atoms with Gasteiger partial charge in [0.15, 0.2) is 9.84 Å². The van der Waals surface area contributed by atoms with Gasteiger partial charge in [0.25, 0.3) is 0 Å². The number of carbonyl (C=O) groups excluding carboxylic acids is 2. The normalized spacial score (nSPS) is 15.2. The molecular weight excluding hydrogens is 380 g/mol. The van der Waals surface area contributed by atoms with E-state index < -0.39 is 15.6 Å². The number of amides is 1. The lowest BCUT2D eigenvalue weighted by molar-refractivity contribution is -0.128. The Kier molecular flexibility index (Phi) is 6.03. The van der Waals surface area contributed by atoms with Crippen molar-refractivity contribution in [1.29, 1.82) is 0 Å². The summed E-state index contributed by atoms with van der Waals surface area (Å²) in [5.74, 6) is -0.389. The van der Waals surface area contributed by atoms with E-state index in [0.717, 1.165) is 6.26 Å². The van der Waals surface area contributed by atoms with Gasteiger partial charge in [-0.05, 0) is 30.7 Å². The molecule has 148 valence electrons. The number of ketones is 1. The predicted octanol–water partition coefficient (Wildman–Crippen LogP) is 0.791. The van der Waals surface area contributed by atoms with Crippen molar-refractivity contribution in [3.05, 3.63) is 54.0 Å². The summed E-state index contributed by atoms with van der Waals surface area (Å²) in [5, 5.41) is 0. The summed E-state index contributed by atoms with van der Waals surface area (Å²) in [4.78, 5) is 36.8. The van der Waals surface area contributed by atoms with Crippen molar-refractivity contribution < 1.29 is 18.0 Å². The van der Waals surface area contributed by atoms with Gasteiger partial charge in [-0.3, -0.25) is 14.6 Å². The Labute approximate surface area is 164 Å². The molecule has 0 radical (unpaired) electrons. The molecule has 28 heavy (non-hydrogen) atoms. The lowest BCUT2D eigenvalue weighted by Crippen LogP contribution is -2.38. The first-order valence-corrected chi connectivity index (χ1v) is 11.0. The molecular formula is C19H22N4O4S. The monoisotopic (exact) mass is 402 g/mol. The van der Waals surface area contributed by atoms with Crippen molar-refractivity contribution in [2.45, 2.75) is 6.42 Å². The van der Waals surface area contributed by atoms with Crippen LogP contribution in [0.3, 0.4) is 0 Å². The van der Waals surface area contributed by atoms with E-state index in [0.29, 0.717) is 49.7 Å². The number of aromatic nitrogens is 2. The van der Waals surface area contributed by atoms with Crippen LogP contribution in [0, 0.1) is 0 Å². The number of pyridine rings is 2. The zero-order valence-electron chi connectivity index (χ0n) is 15.6. The quantitative estimate of drug-likeness (QED) is 0.682. The minimum absolute atomic E-state index is 0.199. The zero-order chi connectivity index (χ0) is 20.1. The Hall–Kier alpha value is -2.81. The highest BCUT2D eigenvalue weighted by Crippen LogP contribution is 2.16. The Balaban J connectivity index is 1.71. The molecule has 1 fully saturated rings. The van der Waals surface area contributed by atoms with Crippen molar-refractivity contribution in [3.63, 3.8) is 0 Å². The molecule has 0 aromatic carbocycles. The summed E-state index contributed by atoms with van der Waals surface area (Å²) in [6.07, 6.45) is 4.87. The number of sulfone groups is 1. The number of rotatable bonds is 5. The summed E-state index contributed by atoms with van der Waals surface area (Å²) in [7, 11) is -3.35. The highest BCUT2D eigenvalue weighted by atomic mass is 32.2. The standard InChI is InChI=1S/C19H22N4O4S/c1-28(26,27)14-18(24)23-10-4-9-22(11-12-23)17-7-2-6-16(21-17)19(25)15-5-3-8-20-13-15/h2-3,5-8,13H,4,9-12,14H2,1H3. The van der Waals surface area contributed by atoms with Crippen LogP contribution in [0.1, 0.15) is 22.5 Å². The third-order valence-corrected chi connectivity index (χ3v) is 5.22. The van der Waals surface area contributed by atoms with Crippen LogP contribution in [0.4, 0.5) is 5.82 Å². The molecule has 3 heterocycles.